The van der Waals surface area contributed by atoms with E-state index in [9.17, 15) is 4.79 Å². The van der Waals surface area contributed by atoms with Crippen molar-refractivity contribution in [2.45, 2.75) is 6.04 Å². The van der Waals surface area contributed by atoms with E-state index in [0.717, 1.165) is 0 Å². The third-order valence-electron chi connectivity index (χ3n) is 1.72. The minimum Gasteiger partial charge on any atom is -0.497 e. The van der Waals surface area contributed by atoms with Gasteiger partial charge in [-0.3, -0.25) is 4.79 Å². The molecule has 0 heterocycles. The summed E-state index contributed by atoms with van der Waals surface area (Å²) in [5.74, 6) is -0.442. The van der Waals surface area contributed by atoms with Crippen molar-refractivity contribution in [2.24, 2.45) is 5.73 Å². The Bertz CT molecular complexity index is 317. The molecule has 0 unspecified atom stereocenters. The Labute approximate surface area is 88.1 Å². The summed E-state index contributed by atoms with van der Waals surface area (Å²) in [6.45, 7) is 0. The maximum absolute atomic E-state index is 10.5. The molecule has 0 saturated carbocycles. The van der Waals surface area contributed by atoms with Crippen LogP contribution in [0.25, 0.3) is 0 Å². The van der Waals surface area contributed by atoms with E-state index in [4.69, 9.17) is 15.6 Å². The third-order valence-corrected chi connectivity index (χ3v) is 1.72. The highest BCUT2D eigenvalue weighted by molar-refractivity contribution is 5.85. The van der Waals surface area contributed by atoms with Crippen molar-refractivity contribution in [3.8, 4) is 5.75 Å². The van der Waals surface area contributed by atoms with Gasteiger partial charge in [-0.05, 0) is 17.7 Å². The number of hydrogen-bond donors (Lipinski definition) is 2. The summed E-state index contributed by atoms with van der Waals surface area (Å²) in [5, 5.41) is 8.63. The molecule has 0 aliphatic rings. The van der Waals surface area contributed by atoms with Crippen LogP contribution in [-0.4, -0.2) is 18.2 Å². The van der Waals surface area contributed by atoms with Crippen molar-refractivity contribution in [3.05, 3.63) is 29.8 Å². The van der Waals surface area contributed by atoms with Crippen LogP contribution < -0.4 is 10.5 Å². The molecule has 0 bridgehead atoms. The lowest BCUT2D eigenvalue weighted by Gasteiger charge is -2.07. The van der Waals surface area contributed by atoms with E-state index in [1.165, 1.54) is 7.11 Å². The summed E-state index contributed by atoms with van der Waals surface area (Å²) in [5.41, 5.74) is 5.94. The quantitative estimate of drug-likeness (QED) is 0.798. The van der Waals surface area contributed by atoms with Gasteiger partial charge in [-0.25, -0.2) is 0 Å². The lowest BCUT2D eigenvalue weighted by atomic mass is 10.1. The first kappa shape index (κ1) is 12.7. The highest BCUT2D eigenvalue weighted by Gasteiger charge is 2.13. The highest BCUT2D eigenvalue weighted by atomic mass is 35.5. The first-order valence-corrected chi connectivity index (χ1v) is 3.77. The third kappa shape index (κ3) is 2.90. The standard InChI is InChI=1S/C9H11NO3.ClH/c1-13-7-4-2-3-6(5-7)8(10)9(11)12;/h2-5,8H,10H2,1H3,(H,11,12);1H/t8-;/m1./s1. The molecule has 4 nitrogen and oxygen atoms in total. The molecule has 1 aromatic rings. The Morgan fingerprint density at radius 1 is 1.57 bits per heavy atom. The van der Waals surface area contributed by atoms with Gasteiger partial charge in [0.05, 0.1) is 7.11 Å². The van der Waals surface area contributed by atoms with Gasteiger partial charge in [-0.15, -0.1) is 12.4 Å². The minimum absolute atomic E-state index is 0. The molecule has 14 heavy (non-hydrogen) atoms. The summed E-state index contributed by atoms with van der Waals surface area (Å²) in [6.07, 6.45) is 0. The van der Waals surface area contributed by atoms with E-state index in [1.807, 2.05) is 0 Å². The zero-order valence-electron chi connectivity index (χ0n) is 7.64. The van der Waals surface area contributed by atoms with E-state index in [1.54, 1.807) is 24.3 Å². The normalized spacial score (nSPS) is 11.3. The Kier molecular flexibility index (Phi) is 4.97. The molecule has 3 N–H and O–H groups in total. The number of aliphatic carboxylic acids is 1. The number of halogens is 1. The first-order valence-electron chi connectivity index (χ1n) is 3.77. The number of carboxylic acids is 1. The second-order valence-electron chi connectivity index (χ2n) is 2.59. The molecular formula is C9H12ClNO3. The van der Waals surface area contributed by atoms with Crippen LogP contribution in [0.3, 0.4) is 0 Å². The topological polar surface area (TPSA) is 72.5 Å². The summed E-state index contributed by atoms with van der Waals surface area (Å²) >= 11 is 0. The number of rotatable bonds is 3. The summed E-state index contributed by atoms with van der Waals surface area (Å²) < 4.78 is 4.94. The fraction of sp³-hybridized carbons (Fsp3) is 0.222. The summed E-state index contributed by atoms with van der Waals surface area (Å²) in [6, 6.07) is 5.71. The number of carbonyl (C=O) groups is 1. The summed E-state index contributed by atoms with van der Waals surface area (Å²) in [4.78, 5) is 10.5. The van der Waals surface area contributed by atoms with E-state index >= 15 is 0 Å². The van der Waals surface area contributed by atoms with Crippen LogP contribution in [0.15, 0.2) is 24.3 Å². The molecule has 0 aliphatic heterocycles. The van der Waals surface area contributed by atoms with Crippen molar-refractivity contribution in [1.82, 2.24) is 0 Å². The lowest BCUT2D eigenvalue weighted by Crippen LogP contribution is -2.20. The fourth-order valence-corrected chi connectivity index (χ4v) is 0.978. The number of carboxylic acid groups (broad SMARTS) is 1. The molecule has 0 amide bonds. The van der Waals surface area contributed by atoms with Gasteiger partial charge < -0.3 is 15.6 Å². The van der Waals surface area contributed by atoms with Crippen LogP contribution in [0.2, 0.25) is 0 Å². The molecule has 1 atom stereocenters. The predicted molar refractivity (Wildman–Crippen MR) is 54.8 cm³/mol. The fourth-order valence-electron chi connectivity index (χ4n) is 0.978. The number of hydrogen-bond acceptors (Lipinski definition) is 3. The molecule has 0 aliphatic carbocycles. The van der Waals surface area contributed by atoms with Crippen LogP contribution in [-0.2, 0) is 4.79 Å². The predicted octanol–water partition coefficient (Wildman–Crippen LogP) is 1.20. The van der Waals surface area contributed by atoms with Gasteiger partial charge in [-0.1, -0.05) is 12.1 Å². The van der Waals surface area contributed by atoms with Crippen molar-refractivity contribution in [3.63, 3.8) is 0 Å². The van der Waals surface area contributed by atoms with Crippen molar-refractivity contribution >= 4 is 18.4 Å². The maximum Gasteiger partial charge on any atom is 0.325 e. The van der Waals surface area contributed by atoms with E-state index in [2.05, 4.69) is 0 Å². The van der Waals surface area contributed by atoms with Crippen LogP contribution in [0.1, 0.15) is 11.6 Å². The zero-order chi connectivity index (χ0) is 9.84. The minimum atomic E-state index is -1.05. The number of benzene rings is 1. The Morgan fingerprint density at radius 3 is 2.71 bits per heavy atom. The molecule has 0 spiro atoms. The largest absolute Gasteiger partial charge is 0.497 e. The monoisotopic (exact) mass is 217 g/mol. The average molecular weight is 218 g/mol. The zero-order valence-corrected chi connectivity index (χ0v) is 8.45. The maximum atomic E-state index is 10.5. The van der Waals surface area contributed by atoms with E-state index < -0.39 is 12.0 Å². The molecule has 5 heteroatoms. The van der Waals surface area contributed by atoms with Crippen LogP contribution in [0.5, 0.6) is 5.75 Å². The van der Waals surface area contributed by atoms with Gasteiger partial charge >= 0.3 is 5.97 Å². The van der Waals surface area contributed by atoms with E-state index in [0.29, 0.717) is 11.3 Å². The molecule has 1 rings (SSSR count). The Hall–Kier alpha value is -1.26. The molecule has 0 saturated heterocycles. The van der Waals surface area contributed by atoms with Crippen molar-refractivity contribution in [2.75, 3.05) is 7.11 Å². The SMILES string of the molecule is COc1cccc([C@@H](N)C(=O)O)c1.Cl. The Morgan fingerprint density at radius 2 is 2.21 bits per heavy atom. The Balaban J connectivity index is 0.00000169. The number of methoxy groups -OCH3 is 1. The molecule has 0 radical (unpaired) electrons. The second kappa shape index (κ2) is 5.47. The molecule has 0 aromatic heterocycles. The molecule has 78 valence electrons. The van der Waals surface area contributed by atoms with Gasteiger partial charge in [0.1, 0.15) is 11.8 Å². The summed E-state index contributed by atoms with van der Waals surface area (Å²) in [7, 11) is 1.52. The van der Waals surface area contributed by atoms with Crippen LogP contribution >= 0.6 is 12.4 Å². The van der Waals surface area contributed by atoms with Gasteiger partial charge in [0.15, 0.2) is 0 Å². The van der Waals surface area contributed by atoms with E-state index in [-0.39, 0.29) is 12.4 Å². The second-order valence-corrected chi connectivity index (χ2v) is 2.59. The van der Waals surface area contributed by atoms with Gasteiger partial charge in [-0.2, -0.15) is 0 Å². The average Bonchev–Trinajstić information content (AvgIpc) is 2.16. The smallest absolute Gasteiger partial charge is 0.325 e. The van der Waals surface area contributed by atoms with Crippen LogP contribution in [0, 0.1) is 0 Å². The van der Waals surface area contributed by atoms with Gasteiger partial charge in [0, 0.05) is 0 Å². The number of ether oxygens (including phenoxy) is 1. The van der Waals surface area contributed by atoms with Crippen LogP contribution in [0.4, 0.5) is 0 Å². The van der Waals surface area contributed by atoms with Crippen molar-refractivity contribution < 1.29 is 14.6 Å². The molecular weight excluding hydrogens is 206 g/mol. The lowest BCUT2D eigenvalue weighted by molar-refractivity contribution is -0.138. The highest BCUT2D eigenvalue weighted by Crippen LogP contribution is 2.17. The van der Waals surface area contributed by atoms with Crippen molar-refractivity contribution in [1.29, 1.82) is 0 Å². The molecule has 0 fully saturated rings. The number of nitrogens with two attached hydrogens (primary N) is 1. The van der Waals surface area contributed by atoms with Gasteiger partial charge in [0.2, 0.25) is 0 Å². The van der Waals surface area contributed by atoms with Gasteiger partial charge in [0.25, 0.3) is 0 Å². The first-order chi connectivity index (χ1) is 6.15. The molecule has 1 aromatic carbocycles.